The van der Waals surface area contributed by atoms with Crippen molar-refractivity contribution in [3.8, 4) is 0 Å². The molecule has 1 fully saturated rings. The third-order valence-corrected chi connectivity index (χ3v) is 6.19. The second-order valence-electron chi connectivity index (χ2n) is 7.12. The number of aromatic nitrogens is 2. The van der Waals surface area contributed by atoms with Crippen LogP contribution in [0.4, 0.5) is 0 Å². The number of rotatable bonds is 4. The fraction of sp³-hybridized carbons (Fsp3) is 0.500. The minimum absolute atomic E-state index is 0.0487. The number of hydrogen-bond acceptors (Lipinski definition) is 2. The van der Waals surface area contributed by atoms with E-state index in [0.717, 1.165) is 23.0 Å². The molecule has 0 bridgehead atoms. The second kappa shape index (κ2) is 7.32. The van der Waals surface area contributed by atoms with E-state index >= 15 is 0 Å². The fourth-order valence-corrected chi connectivity index (χ4v) is 4.67. The highest BCUT2D eigenvalue weighted by Crippen LogP contribution is 2.34. The molecule has 0 spiro atoms. The summed E-state index contributed by atoms with van der Waals surface area (Å²) in [6.07, 6.45) is 9.84. The van der Waals surface area contributed by atoms with E-state index in [4.69, 9.17) is 5.10 Å². The number of amides is 1. The number of fused-ring (bicyclic) bond motifs is 1. The van der Waals surface area contributed by atoms with Gasteiger partial charge < -0.3 is 5.32 Å². The van der Waals surface area contributed by atoms with Gasteiger partial charge in [-0.05, 0) is 72.2 Å². The zero-order valence-electron chi connectivity index (χ0n) is 14.4. The van der Waals surface area contributed by atoms with E-state index in [1.807, 2.05) is 24.3 Å². The van der Waals surface area contributed by atoms with Crippen molar-refractivity contribution in [3.05, 3.63) is 51.3 Å². The number of benzene rings is 1. The Morgan fingerprint density at radius 1 is 1.16 bits per heavy atom. The lowest BCUT2D eigenvalue weighted by atomic mass is 9.95. The highest BCUT2D eigenvalue weighted by Gasteiger charge is 2.26. The quantitative estimate of drug-likeness (QED) is 0.815. The molecular weight excluding hydrogens is 378 g/mol. The van der Waals surface area contributed by atoms with Gasteiger partial charge in [-0.3, -0.25) is 9.48 Å². The van der Waals surface area contributed by atoms with Crippen LogP contribution in [0.2, 0.25) is 0 Å². The molecule has 2 aliphatic carbocycles. The number of nitrogens with one attached hydrogen (secondary N) is 1. The SMILES string of the molecule is O=C(NCc1nn(C2CCCC2)c2c1CCCC2)c1ccccc1Br. The lowest BCUT2D eigenvalue weighted by molar-refractivity contribution is 0.0949. The molecule has 5 heteroatoms. The van der Waals surface area contributed by atoms with Gasteiger partial charge in [0.25, 0.3) is 5.91 Å². The molecule has 1 N–H and O–H groups in total. The van der Waals surface area contributed by atoms with Crippen LogP contribution in [0.25, 0.3) is 0 Å². The first-order valence-electron chi connectivity index (χ1n) is 9.36. The number of nitrogens with zero attached hydrogens (tertiary/aromatic N) is 2. The molecule has 1 saturated carbocycles. The van der Waals surface area contributed by atoms with Gasteiger partial charge in [-0.1, -0.05) is 25.0 Å². The summed E-state index contributed by atoms with van der Waals surface area (Å²) in [6.45, 7) is 0.516. The molecule has 4 nitrogen and oxygen atoms in total. The highest BCUT2D eigenvalue weighted by molar-refractivity contribution is 9.10. The van der Waals surface area contributed by atoms with E-state index in [1.54, 1.807) is 0 Å². The van der Waals surface area contributed by atoms with Crippen LogP contribution in [0.3, 0.4) is 0 Å². The topological polar surface area (TPSA) is 46.9 Å². The lowest BCUT2D eigenvalue weighted by Gasteiger charge is -2.18. The first-order valence-corrected chi connectivity index (χ1v) is 10.1. The molecule has 25 heavy (non-hydrogen) atoms. The van der Waals surface area contributed by atoms with Gasteiger partial charge in [0.15, 0.2) is 0 Å². The summed E-state index contributed by atoms with van der Waals surface area (Å²) >= 11 is 3.45. The molecule has 0 saturated heterocycles. The molecule has 1 aromatic heterocycles. The normalized spacial score (nSPS) is 17.5. The first-order chi connectivity index (χ1) is 12.2. The largest absolute Gasteiger partial charge is 0.346 e. The molecule has 1 heterocycles. The van der Waals surface area contributed by atoms with Gasteiger partial charge in [-0.25, -0.2) is 0 Å². The van der Waals surface area contributed by atoms with Gasteiger partial charge in [0.1, 0.15) is 0 Å². The Hall–Kier alpha value is -1.62. The Labute approximate surface area is 157 Å². The van der Waals surface area contributed by atoms with Crippen molar-refractivity contribution in [3.63, 3.8) is 0 Å². The summed E-state index contributed by atoms with van der Waals surface area (Å²) < 4.78 is 3.13. The Morgan fingerprint density at radius 3 is 2.72 bits per heavy atom. The van der Waals surface area contributed by atoms with Gasteiger partial charge in [0.05, 0.1) is 23.8 Å². The van der Waals surface area contributed by atoms with E-state index in [2.05, 4.69) is 25.9 Å². The maximum Gasteiger partial charge on any atom is 0.252 e. The van der Waals surface area contributed by atoms with Crippen LogP contribution < -0.4 is 5.32 Å². The third-order valence-electron chi connectivity index (χ3n) is 5.50. The van der Waals surface area contributed by atoms with E-state index in [0.29, 0.717) is 18.2 Å². The number of hydrogen-bond donors (Lipinski definition) is 1. The molecule has 2 aliphatic rings. The van der Waals surface area contributed by atoms with Crippen molar-refractivity contribution in [2.24, 2.45) is 0 Å². The van der Waals surface area contributed by atoms with Crippen molar-refractivity contribution in [1.82, 2.24) is 15.1 Å². The molecule has 0 radical (unpaired) electrons. The standard InChI is InChI=1S/C20H24BrN3O/c21-17-11-5-3-9-15(17)20(25)22-13-18-16-10-4-6-12-19(16)24(23-18)14-7-1-2-8-14/h3,5,9,11,14H,1-2,4,6-8,10,12-13H2,(H,22,25). The molecule has 0 unspecified atom stereocenters. The molecule has 1 aromatic carbocycles. The van der Waals surface area contributed by atoms with E-state index < -0.39 is 0 Å². The van der Waals surface area contributed by atoms with Gasteiger partial charge in [-0.15, -0.1) is 0 Å². The van der Waals surface area contributed by atoms with Crippen molar-refractivity contribution in [2.45, 2.75) is 64.0 Å². The first kappa shape index (κ1) is 16.8. The van der Waals surface area contributed by atoms with Crippen LogP contribution in [-0.2, 0) is 19.4 Å². The van der Waals surface area contributed by atoms with Crippen LogP contribution in [-0.4, -0.2) is 15.7 Å². The van der Waals surface area contributed by atoms with E-state index in [9.17, 15) is 4.79 Å². The molecule has 0 aliphatic heterocycles. The van der Waals surface area contributed by atoms with Crippen LogP contribution >= 0.6 is 15.9 Å². The average molecular weight is 402 g/mol. The van der Waals surface area contributed by atoms with Crippen molar-refractivity contribution in [2.75, 3.05) is 0 Å². The molecule has 1 amide bonds. The summed E-state index contributed by atoms with van der Waals surface area (Å²) in [4.78, 5) is 12.5. The van der Waals surface area contributed by atoms with Gasteiger partial charge in [-0.2, -0.15) is 5.10 Å². The number of carbonyl (C=O) groups excluding carboxylic acids is 1. The predicted molar refractivity (Wildman–Crippen MR) is 102 cm³/mol. The minimum Gasteiger partial charge on any atom is -0.346 e. The summed E-state index contributed by atoms with van der Waals surface area (Å²) in [5, 5.41) is 8.02. The van der Waals surface area contributed by atoms with Crippen LogP contribution in [0.1, 0.15) is 71.9 Å². The monoisotopic (exact) mass is 401 g/mol. The summed E-state index contributed by atoms with van der Waals surface area (Å²) in [5.74, 6) is -0.0487. The summed E-state index contributed by atoms with van der Waals surface area (Å²) in [5.41, 5.74) is 4.57. The number of halogens is 1. The molecular formula is C20H24BrN3O. The second-order valence-corrected chi connectivity index (χ2v) is 7.98. The number of carbonyl (C=O) groups is 1. The zero-order valence-corrected chi connectivity index (χ0v) is 16.0. The molecule has 4 rings (SSSR count). The average Bonchev–Trinajstić information content (AvgIpc) is 3.28. The Morgan fingerprint density at radius 2 is 1.92 bits per heavy atom. The van der Waals surface area contributed by atoms with Crippen LogP contribution in [0.15, 0.2) is 28.7 Å². The van der Waals surface area contributed by atoms with Crippen molar-refractivity contribution < 1.29 is 4.79 Å². The molecule has 2 aromatic rings. The van der Waals surface area contributed by atoms with Crippen molar-refractivity contribution >= 4 is 21.8 Å². The predicted octanol–water partition coefficient (Wildman–Crippen LogP) is 4.57. The fourth-order valence-electron chi connectivity index (χ4n) is 4.20. The minimum atomic E-state index is -0.0487. The summed E-state index contributed by atoms with van der Waals surface area (Å²) in [7, 11) is 0. The Balaban J connectivity index is 1.54. The maximum absolute atomic E-state index is 12.5. The van der Waals surface area contributed by atoms with Gasteiger partial charge in [0, 0.05) is 10.2 Å². The Bertz CT molecular complexity index is 777. The lowest BCUT2D eigenvalue weighted by Crippen LogP contribution is -2.24. The van der Waals surface area contributed by atoms with Gasteiger partial charge >= 0.3 is 0 Å². The van der Waals surface area contributed by atoms with Gasteiger partial charge in [0.2, 0.25) is 0 Å². The molecule has 132 valence electrons. The highest BCUT2D eigenvalue weighted by atomic mass is 79.9. The van der Waals surface area contributed by atoms with E-state index in [-0.39, 0.29) is 5.91 Å². The zero-order chi connectivity index (χ0) is 17.2. The molecule has 0 atom stereocenters. The van der Waals surface area contributed by atoms with Crippen LogP contribution in [0, 0.1) is 0 Å². The maximum atomic E-state index is 12.5. The summed E-state index contributed by atoms with van der Waals surface area (Å²) in [6, 6.07) is 8.11. The third kappa shape index (κ3) is 3.39. The Kier molecular flexibility index (Phi) is 4.93. The van der Waals surface area contributed by atoms with E-state index in [1.165, 1.54) is 49.8 Å². The van der Waals surface area contributed by atoms with Crippen LogP contribution in [0.5, 0.6) is 0 Å². The van der Waals surface area contributed by atoms with Crippen molar-refractivity contribution in [1.29, 1.82) is 0 Å². The smallest absolute Gasteiger partial charge is 0.252 e.